The third-order valence-electron chi connectivity index (χ3n) is 3.26. The molecule has 2 aromatic rings. The van der Waals surface area contributed by atoms with Crippen molar-refractivity contribution in [1.29, 1.82) is 0 Å². The SMILES string of the molecule is CCn1cc(CC(=O)O)c2cc(C)c(C)cc21. The minimum Gasteiger partial charge on any atom is -0.481 e. The summed E-state index contributed by atoms with van der Waals surface area (Å²) < 4.78 is 2.11. The van der Waals surface area contributed by atoms with Crippen molar-refractivity contribution in [1.82, 2.24) is 4.57 Å². The van der Waals surface area contributed by atoms with E-state index in [1.54, 1.807) is 0 Å². The largest absolute Gasteiger partial charge is 0.481 e. The Balaban J connectivity index is 2.69. The summed E-state index contributed by atoms with van der Waals surface area (Å²) in [4.78, 5) is 10.9. The van der Waals surface area contributed by atoms with Gasteiger partial charge in [0.25, 0.3) is 0 Å². The van der Waals surface area contributed by atoms with Crippen molar-refractivity contribution in [3.63, 3.8) is 0 Å². The number of benzene rings is 1. The molecule has 0 amide bonds. The zero-order valence-corrected chi connectivity index (χ0v) is 10.4. The molecule has 2 rings (SSSR count). The molecule has 17 heavy (non-hydrogen) atoms. The van der Waals surface area contributed by atoms with Crippen LogP contribution in [0.3, 0.4) is 0 Å². The average molecular weight is 231 g/mol. The van der Waals surface area contributed by atoms with Crippen molar-refractivity contribution >= 4 is 16.9 Å². The monoisotopic (exact) mass is 231 g/mol. The summed E-state index contributed by atoms with van der Waals surface area (Å²) in [6.07, 6.45) is 2.05. The first-order valence-corrected chi connectivity index (χ1v) is 5.83. The lowest BCUT2D eigenvalue weighted by atomic mass is 10.0. The van der Waals surface area contributed by atoms with Crippen LogP contribution >= 0.6 is 0 Å². The molecule has 0 aliphatic carbocycles. The zero-order valence-electron chi connectivity index (χ0n) is 10.4. The fourth-order valence-electron chi connectivity index (χ4n) is 2.19. The van der Waals surface area contributed by atoms with E-state index in [-0.39, 0.29) is 6.42 Å². The fraction of sp³-hybridized carbons (Fsp3) is 0.357. The van der Waals surface area contributed by atoms with Gasteiger partial charge in [0.2, 0.25) is 0 Å². The van der Waals surface area contributed by atoms with E-state index in [9.17, 15) is 4.79 Å². The smallest absolute Gasteiger partial charge is 0.307 e. The Morgan fingerprint density at radius 3 is 2.53 bits per heavy atom. The van der Waals surface area contributed by atoms with Crippen molar-refractivity contribution in [3.05, 3.63) is 35.0 Å². The standard InChI is InChI=1S/C14H17NO2/c1-4-15-8-11(7-14(16)17)12-5-9(2)10(3)6-13(12)15/h5-6,8H,4,7H2,1-3H3,(H,16,17). The van der Waals surface area contributed by atoms with E-state index in [0.717, 1.165) is 23.0 Å². The Hall–Kier alpha value is -1.77. The Bertz CT molecular complexity index is 581. The van der Waals surface area contributed by atoms with Gasteiger partial charge in [-0.1, -0.05) is 0 Å². The Labute approximate surface area is 101 Å². The summed E-state index contributed by atoms with van der Waals surface area (Å²) >= 11 is 0. The first-order valence-electron chi connectivity index (χ1n) is 5.83. The maximum atomic E-state index is 10.9. The molecule has 0 spiro atoms. The summed E-state index contributed by atoms with van der Waals surface area (Å²) in [6.45, 7) is 7.07. The van der Waals surface area contributed by atoms with E-state index in [1.165, 1.54) is 11.1 Å². The number of rotatable bonds is 3. The van der Waals surface area contributed by atoms with Gasteiger partial charge in [0, 0.05) is 23.6 Å². The highest BCUT2D eigenvalue weighted by Crippen LogP contribution is 2.25. The zero-order chi connectivity index (χ0) is 12.6. The second kappa shape index (κ2) is 4.24. The number of nitrogens with zero attached hydrogens (tertiary/aromatic N) is 1. The number of hydrogen-bond acceptors (Lipinski definition) is 1. The van der Waals surface area contributed by atoms with Gasteiger partial charge >= 0.3 is 5.97 Å². The summed E-state index contributed by atoms with van der Waals surface area (Å²) in [6, 6.07) is 4.23. The molecule has 1 heterocycles. The molecule has 1 N–H and O–H groups in total. The van der Waals surface area contributed by atoms with Crippen LogP contribution in [0.5, 0.6) is 0 Å². The molecule has 0 fully saturated rings. The molecular weight excluding hydrogens is 214 g/mol. The molecule has 0 aliphatic rings. The van der Waals surface area contributed by atoms with Gasteiger partial charge in [0.1, 0.15) is 0 Å². The van der Waals surface area contributed by atoms with Crippen LogP contribution in [0.2, 0.25) is 0 Å². The number of aromatic nitrogens is 1. The molecular formula is C14H17NO2. The van der Waals surface area contributed by atoms with Gasteiger partial charge in [0.05, 0.1) is 6.42 Å². The van der Waals surface area contributed by atoms with E-state index in [0.29, 0.717) is 0 Å². The minimum atomic E-state index is -0.779. The lowest BCUT2D eigenvalue weighted by molar-refractivity contribution is -0.136. The topological polar surface area (TPSA) is 42.2 Å². The van der Waals surface area contributed by atoms with Gasteiger partial charge in [0.15, 0.2) is 0 Å². The van der Waals surface area contributed by atoms with Crippen LogP contribution in [0.4, 0.5) is 0 Å². The van der Waals surface area contributed by atoms with Gasteiger partial charge in [-0.05, 0) is 49.6 Å². The van der Waals surface area contributed by atoms with Gasteiger partial charge in [-0.2, -0.15) is 0 Å². The number of hydrogen-bond donors (Lipinski definition) is 1. The van der Waals surface area contributed by atoms with Crippen LogP contribution in [0.15, 0.2) is 18.3 Å². The fourth-order valence-corrected chi connectivity index (χ4v) is 2.19. The van der Waals surface area contributed by atoms with Crippen molar-refractivity contribution in [2.45, 2.75) is 33.7 Å². The van der Waals surface area contributed by atoms with Gasteiger partial charge in [-0.15, -0.1) is 0 Å². The molecule has 1 aromatic heterocycles. The minimum absolute atomic E-state index is 0.0893. The molecule has 0 atom stereocenters. The molecule has 0 saturated carbocycles. The molecule has 1 aromatic carbocycles. The molecule has 0 radical (unpaired) electrons. The van der Waals surface area contributed by atoms with Gasteiger partial charge in [-0.25, -0.2) is 0 Å². The molecule has 0 unspecified atom stereocenters. The summed E-state index contributed by atoms with van der Waals surface area (Å²) in [5.74, 6) is -0.779. The molecule has 0 bridgehead atoms. The first-order chi connectivity index (χ1) is 8.02. The Morgan fingerprint density at radius 1 is 1.29 bits per heavy atom. The molecule has 3 nitrogen and oxygen atoms in total. The third-order valence-corrected chi connectivity index (χ3v) is 3.26. The highest BCUT2D eigenvalue weighted by molar-refractivity contribution is 5.88. The maximum absolute atomic E-state index is 10.9. The Kier molecular flexibility index (Phi) is 2.92. The van der Waals surface area contributed by atoms with Crippen LogP contribution in [-0.2, 0) is 17.8 Å². The lowest BCUT2D eigenvalue weighted by Crippen LogP contribution is -1.99. The van der Waals surface area contributed by atoms with Crippen molar-refractivity contribution in [2.75, 3.05) is 0 Å². The second-order valence-corrected chi connectivity index (χ2v) is 4.46. The molecule has 0 aliphatic heterocycles. The number of carboxylic acid groups (broad SMARTS) is 1. The third kappa shape index (κ3) is 2.05. The van der Waals surface area contributed by atoms with Crippen LogP contribution in [0.25, 0.3) is 10.9 Å². The van der Waals surface area contributed by atoms with Crippen LogP contribution in [-0.4, -0.2) is 15.6 Å². The Morgan fingerprint density at radius 2 is 1.94 bits per heavy atom. The summed E-state index contributed by atoms with van der Waals surface area (Å²) in [5.41, 5.74) is 4.48. The van der Waals surface area contributed by atoms with Gasteiger partial charge < -0.3 is 9.67 Å². The predicted octanol–water partition coefficient (Wildman–Crippen LogP) is 2.91. The first kappa shape index (κ1) is 11.7. The number of carboxylic acids is 1. The van der Waals surface area contributed by atoms with E-state index in [2.05, 4.69) is 37.5 Å². The molecule has 90 valence electrons. The second-order valence-electron chi connectivity index (χ2n) is 4.46. The van der Waals surface area contributed by atoms with E-state index in [1.807, 2.05) is 6.20 Å². The lowest BCUT2D eigenvalue weighted by Gasteiger charge is -2.04. The quantitative estimate of drug-likeness (QED) is 0.882. The number of aryl methyl sites for hydroxylation is 3. The van der Waals surface area contributed by atoms with Crippen LogP contribution < -0.4 is 0 Å². The average Bonchev–Trinajstić information content (AvgIpc) is 2.57. The predicted molar refractivity (Wildman–Crippen MR) is 68.4 cm³/mol. The van der Waals surface area contributed by atoms with E-state index in [4.69, 9.17) is 5.11 Å². The highest BCUT2D eigenvalue weighted by atomic mass is 16.4. The number of aliphatic carboxylic acids is 1. The molecule has 0 saturated heterocycles. The maximum Gasteiger partial charge on any atom is 0.307 e. The highest BCUT2D eigenvalue weighted by Gasteiger charge is 2.11. The van der Waals surface area contributed by atoms with Crippen molar-refractivity contribution in [3.8, 4) is 0 Å². The van der Waals surface area contributed by atoms with E-state index < -0.39 is 5.97 Å². The summed E-state index contributed by atoms with van der Waals surface area (Å²) in [7, 11) is 0. The van der Waals surface area contributed by atoms with E-state index >= 15 is 0 Å². The van der Waals surface area contributed by atoms with Crippen LogP contribution in [0.1, 0.15) is 23.6 Å². The number of fused-ring (bicyclic) bond motifs is 1. The van der Waals surface area contributed by atoms with Crippen LogP contribution in [0, 0.1) is 13.8 Å². The van der Waals surface area contributed by atoms with Crippen molar-refractivity contribution in [2.24, 2.45) is 0 Å². The normalized spacial score (nSPS) is 11.0. The number of carbonyl (C=O) groups is 1. The van der Waals surface area contributed by atoms with Gasteiger partial charge in [-0.3, -0.25) is 4.79 Å². The molecule has 3 heteroatoms. The van der Waals surface area contributed by atoms with Crippen molar-refractivity contribution < 1.29 is 9.90 Å². The summed E-state index contributed by atoms with van der Waals surface area (Å²) in [5, 5.41) is 9.99.